The molecular formula is C14H20N2O2. The van der Waals surface area contributed by atoms with Crippen molar-refractivity contribution in [1.82, 2.24) is 4.90 Å². The lowest BCUT2D eigenvalue weighted by atomic mass is 9.98. The molecule has 0 aromatic heterocycles. The van der Waals surface area contributed by atoms with Gasteiger partial charge in [-0.25, -0.2) is 4.79 Å². The first-order valence-corrected chi connectivity index (χ1v) is 6.36. The van der Waals surface area contributed by atoms with Gasteiger partial charge in [-0.1, -0.05) is 26.0 Å². The van der Waals surface area contributed by atoms with Crippen molar-refractivity contribution in [3.63, 3.8) is 0 Å². The van der Waals surface area contributed by atoms with Crippen LogP contribution < -0.4 is 5.73 Å². The van der Waals surface area contributed by atoms with Crippen LogP contribution in [0.3, 0.4) is 0 Å². The molecule has 0 saturated heterocycles. The second kappa shape index (κ2) is 5.29. The Morgan fingerprint density at radius 1 is 1.50 bits per heavy atom. The molecular weight excluding hydrogens is 228 g/mol. The number of nitrogens with two attached hydrogens (primary N) is 1. The first-order valence-electron chi connectivity index (χ1n) is 6.36. The smallest absolute Gasteiger partial charge is 0.410 e. The summed E-state index contributed by atoms with van der Waals surface area (Å²) in [5, 5.41) is 0. The third kappa shape index (κ3) is 2.75. The molecule has 2 rings (SSSR count). The summed E-state index contributed by atoms with van der Waals surface area (Å²) < 4.78 is 5.24. The van der Waals surface area contributed by atoms with Gasteiger partial charge >= 0.3 is 6.09 Å². The number of nitrogens with zero attached hydrogens (tertiary/aromatic N) is 1. The maximum Gasteiger partial charge on any atom is 0.410 e. The summed E-state index contributed by atoms with van der Waals surface area (Å²) in [5.41, 5.74) is 9.00. The van der Waals surface area contributed by atoms with Gasteiger partial charge in [0, 0.05) is 12.2 Å². The lowest BCUT2D eigenvalue weighted by Crippen LogP contribution is -2.37. The highest BCUT2D eigenvalue weighted by atomic mass is 16.6. The predicted molar refractivity (Wildman–Crippen MR) is 71.2 cm³/mol. The fourth-order valence-electron chi connectivity index (χ4n) is 2.09. The quantitative estimate of drug-likeness (QED) is 0.818. The molecule has 0 fully saturated rings. The van der Waals surface area contributed by atoms with Crippen LogP contribution in [0.15, 0.2) is 18.2 Å². The first kappa shape index (κ1) is 12.7. The Balaban J connectivity index is 2.03. The summed E-state index contributed by atoms with van der Waals surface area (Å²) >= 11 is 0. The molecule has 0 radical (unpaired) electrons. The Bertz CT molecular complexity index is 443. The predicted octanol–water partition coefficient (Wildman–Crippen LogP) is 2.42. The van der Waals surface area contributed by atoms with Crippen molar-refractivity contribution in [2.24, 2.45) is 5.92 Å². The summed E-state index contributed by atoms with van der Waals surface area (Å²) in [7, 11) is 0. The average molecular weight is 248 g/mol. The normalized spacial score (nSPS) is 14.5. The molecule has 0 spiro atoms. The lowest BCUT2D eigenvalue weighted by molar-refractivity contribution is 0.0880. The van der Waals surface area contributed by atoms with Crippen LogP contribution in [0.4, 0.5) is 10.5 Å². The van der Waals surface area contributed by atoms with Crippen LogP contribution in [0.2, 0.25) is 0 Å². The number of anilines is 1. The SMILES string of the molecule is CC(C)COC(=O)N1CCc2cccc(N)c2C1. The molecule has 1 aromatic rings. The van der Waals surface area contributed by atoms with E-state index >= 15 is 0 Å². The summed E-state index contributed by atoms with van der Waals surface area (Å²) in [6.07, 6.45) is 0.606. The fraction of sp³-hybridized carbons (Fsp3) is 0.500. The number of rotatable bonds is 2. The highest BCUT2D eigenvalue weighted by Crippen LogP contribution is 2.24. The molecule has 0 atom stereocenters. The molecule has 98 valence electrons. The third-order valence-corrected chi connectivity index (χ3v) is 3.11. The van der Waals surface area contributed by atoms with E-state index in [1.807, 2.05) is 26.0 Å². The van der Waals surface area contributed by atoms with Gasteiger partial charge in [0.25, 0.3) is 0 Å². The fourth-order valence-corrected chi connectivity index (χ4v) is 2.09. The summed E-state index contributed by atoms with van der Waals surface area (Å²) in [6, 6.07) is 5.91. The van der Waals surface area contributed by atoms with Gasteiger partial charge < -0.3 is 15.4 Å². The zero-order valence-corrected chi connectivity index (χ0v) is 11.0. The van der Waals surface area contributed by atoms with E-state index in [0.29, 0.717) is 25.6 Å². The third-order valence-electron chi connectivity index (χ3n) is 3.11. The van der Waals surface area contributed by atoms with Crippen molar-refractivity contribution in [3.05, 3.63) is 29.3 Å². The number of hydrogen-bond donors (Lipinski definition) is 1. The Kier molecular flexibility index (Phi) is 3.75. The van der Waals surface area contributed by atoms with Gasteiger partial charge in [0.2, 0.25) is 0 Å². The molecule has 1 heterocycles. The van der Waals surface area contributed by atoms with Gasteiger partial charge in [0.15, 0.2) is 0 Å². The molecule has 0 unspecified atom stereocenters. The van der Waals surface area contributed by atoms with E-state index in [1.165, 1.54) is 5.56 Å². The van der Waals surface area contributed by atoms with Crippen LogP contribution in [0.5, 0.6) is 0 Å². The topological polar surface area (TPSA) is 55.6 Å². The van der Waals surface area contributed by atoms with E-state index in [4.69, 9.17) is 10.5 Å². The standard InChI is InChI=1S/C14H20N2O2/c1-10(2)9-18-14(17)16-7-6-11-4-3-5-13(15)12(11)8-16/h3-5,10H,6-9,15H2,1-2H3. The van der Waals surface area contributed by atoms with Crippen LogP contribution in [-0.4, -0.2) is 24.1 Å². The van der Waals surface area contributed by atoms with Crippen molar-refractivity contribution < 1.29 is 9.53 Å². The summed E-state index contributed by atoms with van der Waals surface area (Å²) in [6.45, 7) is 5.77. The molecule has 0 bridgehead atoms. The van der Waals surface area contributed by atoms with Gasteiger partial charge in [0.05, 0.1) is 13.2 Å². The van der Waals surface area contributed by atoms with Gasteiger partial charge in [-0.05, 0) is 29.5 Å². The molecule has 1 aliphatic rings. The van der Waals surface area contributed by atoms with Crippen LogP contribution in [0, 0.1) is 5.92 Å². The highest BCUT2D eigenvalue weighted by molar-refractivity contribution is 5.69. The van der Waals surface area contributed by atoms with Crippen molar-refractivity contribution in [1.29, 1.82) is 0 Å². The zero-order chi connectivity index (χ0) is 13.1. The van der Waals surface area contributed by atoms with E-state index in [-0.39, 0.29) is 6.09 Å². The molecule has 18 heavy (non-hydrogen) atoms. The second-order valence-electron chi connectivity index (χ2n) is 5.13. The lowest BCUT2D eigenvalue weighted by Gasteiger charge is -2.29. The summed E-state index contributed by atoms with van der Waals surface area (Å²) in [4.78, 5) is 13.6. The number of ether oxygens (including phenoxy) is 1. The monoisotopic (exact) mass is 248 g/mol. The maximum atomic E-state index is 11.9. The van der Waals surface area contributed by atoms with Crippen molar-refractivity contribution in [2.45, 2.75) is 26.8 Å². The zero-order valence-electron chi connectivity index (χ0n) is 11.0. The van der Waals surface area contributed by atoms with Gasteiger partial charge in [-0.15, -0.1) is 0 Å². The number of hydrogen-bond acceptors (Lipinski definition) is 3. The van der Waals surface area contributed by atoms with E-state index in [1.54, 1.807) is 4.90 Å². The van der Waals surface area contributed by atoms with E-state index in [9.17, 15) is 4.79 Å². The number of amides is 1. The highest BCUT2D eigenvalue weighted by Gasteiger charge is 2.23. The molecule has 4 heteroatoms. The minimum atomic E-state index is -0.238. The van der Waals surface area contributed by atoms with E-state index in [2.05, 4.69) is 6.07 Å². The van der Waals surface area contributed by atoms with Crippen LogP contribution in [-0.2, 0) is 17.7 Å². The number of benzene rings is 1. The second-order valence-corrected chi connectivity index (χ2v) is 5.13. The minimum Gasteiger partial charge on any atom is -0.449 e. The number of fused-ring (bicyclic) bond motifs is 1. The number of carbonyl (C=O) groups is 1. The van der Waals surface area contributed by atoms with E-state index in [0.717, 1.165) is 17.7 Å². The minimum absolute atomic E-state index is 0.238. The largest absolute Gasteiger partial charge is 0.449 e. The van der Waals surface area contributed by atoms with Crippen molar-refractivity contribution in [2.75, 3.05) is 18.9 Å². The van der Waals surface area contributed by atoms with Crippen molar-refractivity contribution in [3.8, 4) is 0 Å². The van der Waals surface area contributed by atoms with Gasteiger partial charge in [-0.3, -0.25) is 0 Å². The summed E-state index contributed by atoms with van der Waals surface area (Å²) in [5.74, 6) is 0.357. The molecule has 1 amide bonds. The van der Waals surface area contributed by atoms with Crippen LogP contribution in [0.25, 0.3) is 0 Å². The van der Waals surface area contributed by atoms with Crippen LogP contribution in [0.1, 0.15) is 25.0 Å². The van der Waals surface area contributed by atoms with Gasteiger partial charge in [-0.2, -0.15) is 0 Å². The van der Waals surface area contributed by atoms with Gasteiger partial charge in [0.1, 0.15) is 0 Å². The first-order chi connectivity index (χ1) is 8.58. The molecule has 4 nitrogen and oxygen atoms in total. The Morgan fingerprint density at radius 2 is 2.28 bits per heavy atom. The molecule has 2 N–H and O–H groups in total. The Morgan fingerprint density at radius 3 is 3.00 bits per heavy atom. The molecule has 0 saturated carbocycles. The molecule has 1 aliphatic heterocycles. The van der Waals surface area contributed by atoms with Crippen molar-refractivity contribution >= 4 is 11.8 Å². The Labute approximate surface area is 108 Å². The molecule has 0 aliphatic carbocycles. The average Bonchev–Trinajstić information content (AvgIpc) is 2.36. The number of nitrogen functional groups attached to an aromatic ring is 1. The number of carbonyl (C=O) groups excluding carboxylic acids is 1. The van der Waals surface area contributed by atoms with Crippen LogP contribution >= 0.6 is 0 Å². The molecule has 1 aromatic carbocycles. The van der Waals surface area contributed by atoms with E-state index < -0.39 is 0 Å². The Hall–Kier alpha value is -1.71. The maximum absolute atomic E-state index is 11.9.